The summed E-state index contributed by atoms with van der Waals surface area (Å²) in [6.07, 6.45) is -0.979. The minimum atomic E-state index is -1.26. The van der Waals surface area contributed by atoms with Gasteiger partial charge in [-0.05, 0) is 80.8 Å². The van der Waals surface area contributed by atoms with Crippen LogP contribution in [0.4, 0.5) is 5.69 Å². The van der Waals surface area contributed by atoms with Crippen LogP contribution in [0.15, 0.2) is 6.07 Å². The SMILES string of the molecule is CC(=O)N(C)c1c(I)cc(I)c(OCCOC(C)C(=O)[O-])c1I.[Na+]. The molecule has 0 bridgehead atoms. The number of benzene rings is 1. The number of rotatable bonds is 7. The molecule has 1 amide bonds. The summed E-state index contributed by atoms with van der Waals surface area (Å²) in [5.74, 6) is -0.674. The van der Waals surface area contributed by atoms with Gasteiger partial charge in [0.2, 0.25) is 5.91 Å². The van der Waals surface area contributed by atoms with E-state index in [0.29, 0.717) is 5.75 Å². The molecule has 0 saturated heterocycles. The largest absolute Gasteiger partial charge is 1.00 e. The van der Waals surface area contributed by atoms with Crippen molar-refractivity contribution < 1.29 is 53.7 Å². The number of ether oxygens (including phenoxy) is 2. The maximum Gasteiger partial charge on any atom is 1.00 e. The van der Waals surface area contributed by atoms with Crippen LogP contribution in [0.25, 0.3) is 0 Å². The Morgan fingerprint density at radius 2 is 1.83 bits per heavy atom. The number of halogens is 3. The van der Waals surface area contributed by atoms with Crippen molar-refractivity contribution in [3.8, 4) is 5.75 Å². The number of hydrogen-bond donors (Lipinski definition) is 0. The van der Waals surface area contributed by atoms with Crippen molar-refractivity contribution in [3.05, 3.63) is 16.8 Å². The van der Waals surface area contributed by atoms with Crippen LogP contribution < -0.4 is 44.3 Å². The first-order valence-electron chi connectivity index (χ1n) is 6.53. The van der Waals surface area contributed by atoms with Crippen molar-refractivity contribution in [2.24, 2.45) is 0 Å². The molecule has 6 nitrogen and oxygen atoms in total. The molecule has 10 heteroatoms. The number of nitrogens with zero attached hydrogens (tertiary/aromatic N) is 1. The van der Waals surface area contributed by atoms with E-state index in [0.717, 1.165) is 16.4 Å². The monoisotopic (exact) mass is 681 g/mol. The predicted molar refractivity (Wildman–Crippen MR) is 110 cm³/mol. The summed E-state index contributed by atoms with van der Waals surface area (Å²) >= 11 is 6.49. The molecule has 1 unspecified atom stereocenters. The minimum Gasteiger partial charge on any atom is -0.547 e. The van der Waals surface area contributed by atoms with Crippen LogP contribution in [0.3, 0.4) is 0 Å². The molecular formula is C14H15I3NNaO5. The van der Waals surface area contributed by atoms with E-state index < -0.39 is 12.1 Å². The summed E-state index contributed by atoms with van der Waals surface area (Å²) in [6.45, 7) is 3.24. The number of carbonyl (C=O) groups excluding carboxylic acids is 2. The fourth-order valence-corrected chi connectivity index (χ4v) is 6.00. The molecule has 0 fully saturated rings. The second-order valence-corrected chi connectivity index (χ2v) is 7.99. The topological polar surface area (TPSA) is 78.9 Å². The van der Waals surface area contributed by atoms with E-state index in [9.17, 15) is 14.7 Å². The predicted octanol–water partition coefficient (Wildman–Crippen LogP) is -0.979. The Kier molecular flexibility index (Phi) is 12.3. The summed E-state index contributed by atoms with van der Waals surface area (Å²) in [5, 5.41) is 10.6. The quantitative estimate of drug-likeness (QED) is 0.211. The fraction of sp³-hybridized carbons (Fsp3) is 0.429. The number of anilines is 1. The average Bonchev–Trinajstić information content (AvgIpc) is 2.45. The molecule has 0 aliphatic rings. The maximum atomic E-state index is 11.6. The molecule has 0 aromatic heterocycles. The summed E-state index contributed by atoms with van der Waals surface area (Å²) in [4.78, 5) is 23.8. The van der Waals surface area contributed by atoms with E-state index in [-0.39, 0.29) is 48.7 Å². The van der Waals surface area contributed by atoms with E-state index in [4.69, 9.17) is 9.47 Å². The van der Waals surface area contributed by atoms with E-state index in [1.165, 1.54) is 13.8 Å². The number of amides is 1. The summed E-state index contributed by atoms with van der Waals surface area (Å²) in [7, 11) is 1.71. The zero-order valence-electron chi connectivity index (χ0n) is 13.7. The second kappa shape index (κ2) is 11.7. The molecule has 1 aromatic carbocycles. The van der Waals surface area contributed by atoms with E-state index in [2.05, 4.69) is 67.8 Å². The third-order valence-electron chi connectivity index (χ3n) is 2.94. The Hall–Kier alpha value is 1.11. The van der Waals surface area contributed by atoms with Gasteiger partial charge in [-0.25, -0.2) is 0 Å². The fourth-order valence-electron chi connectivity index (χ4n) is 1.60. The minimum absolute atomic E-state index is 0. The van der Waals surface area contributed by atoms with Gasteiger partial charge in [-0.1, -0.05) is 0 Å². The van der Waals surface area contributed by atoms with Gasteiger partial charge in [-0.15, -0.1) is 0 Å². The first-order valence-corrected chi connectivity index (χ1v) is 9.77. The Balaban J connectivity index is 0.00000529. The third kappa shape index (κ3) is 7.02. The molecule has 0 spiro atoms. The van der Waals surface area contributed by atoms with Crippen molar-refractivity contribution in [3.63, 3.8) is 0 Å². The van der Waals surface area contributed by atoms with Gasteiger partial charge in [-0.3, -0.25) is 4.79 Å². The van der Waals surface area contributed by atoms with Gasteiger partial charge < -0.3 is 24.3 Å². The first kappa shape index (κ1) is 25.1. The maximum absolute atomic E-state index is 11.6. The second-order valence-electron chi connectivity index (χ2n) is 4.59. The van der Waals surface area contributed by atoms with Crippen molar-refractivity contribution >= 4 is 85.3 Å². The Labute approximate surface area is 204 Å². The third-order valence-corrected chi connectivity index (χ3v) is 5.57. The average molecular weight is 681 g/mol. The van der Waals surface area contributed by atoms with Gasteiger partial charge >= 0.3 is 29.6 Å². The number of hydrogen-bond acceptors (Lipinski definition) is 5. The molecule has 0 N–H and O–H groups in total. The first-order chi connectivity index (χ1) is 10.7. The molecule has 0 saturated carbocycles. The number of aliphatic carboxylic acids is 1. The molecule has 128 valence electrons. The smallest absolute Gasteiger partial charge is 0.547 e. The Bertz CT molecular complexity index is 615. The van der Waals surface area contributed by atoms with Crippen LogP contribution in [0.1, 0.15) is 13.8 Å². The zero-order valence-corrected chi connectivity index (χ0v) is 22.2. The van der Waals surface area contributed by atoms with Gasteiger partial charge in [0.15, 0.2) is 0 Å². The molecule has 1 aromatic rings. The van der Waals surface area contributed by atoms with Crippen molar-refractivity contribution in [1.82, 2.24) is 0 Å². The van der Waals surface area contributed by atoms with Crippen molar-refractivity contribution in [2.75, 3.05) is 25.2 Å². The number of carboxylic acids is 1. The normalized spacial score (nSPS) is 11.4. The van der Waals surface area contributed by atoms with Crippen LogP contribution in [0, 0.1) is 10.7 Å². The van der Waals surface area contributed by atoms with Crippen LogP contribution in [-0.2, 0) is 14.3 Å². The Morgan fingerprint density at radius 1 is 1.25 bits per heavy atom. The van der Waals surface area contributed by atoms with Crippen LogP contribution >= 0.6 is 67.8 Å². The van der Waals surface area contributed by atoms with Gasteiger partial charge in [0.25, 0.3) is 0 Å². The van der Waals surface area contributed by atoms with E-state index in [1.807, 2.05) is 6.07 Å². The van der Waals surface area contributed by atoms with Crippen molar-refractivity contribution in [2.45, 2.75) is 20.0 Å². The van der Waals surface area contributed by atoms with Gasteiger partial charge in [-0.2, -0.15) is 0 Å². The number of carbonyl (C=O) groups is 2. The van der Waals surface area contributed by atoms with Gasteiger partial charge in [0.05, 0.1) is 31.5 Å². The van der Waals surface area contributed by atoms with Crippen LogP contribution in [-0.4, -0.2) is 38.2 Å². The molecule has 0 radical (unpaired) electrons. The molecule has 0 heterocycles. The van der Waals surface area contributed by atoms with Gasteiger partial charge in [0, 0.05) is 17.5 Å². The molecule has 24 heavy (non-hydrogen) atoms. The molecule has 0 aliphatic carbocycles. The Morgan fingerprint density at radius 3 is 2.33 bits per heavy atom. The standard InChI is InChI=1S/C14H16I3NO5.Na/c1-7(14(20)21)22-4-5-23-13-10(16)6-9(15)12(11(13)17)18(3)8(2)19;/h6-7H,4-5H2,1-3H3,(H,20,21);/q;+1/p-1. The van der Waals surface area contributed by atoms with Crippen LogP contribution in [0.5, 0.6) is 5.75 Å². The zero-order chi connectivity index (χ0) is 17.7. The molecule has 1 atom stereocenters. The summed E-state index contributed by atoms with van der Waals surface area (Å²) in [6, 6.07) is 1.93. The summed E-state index contributed by atoms with van der Waals surface area (Å²) < 4.78 is 13.5. The molecular weight excluding hydrogens is 666 g/mol. The van der Waals surface area contributed by atoms with Gasteiger partial charge in [0.1, 0.15) is 12.4 Å². The van der Waals surface area contributed by atoms with E-state index in [1.54, 1.807) is 11.9 Å². The molecule has 1 rings (SSSR count). The van der Waals surface area contributed by atoms with Crippen molar-refractivity contribution in [1.29, 1.82) is 0 Å². The van der Waals surface area contributed by atoms with E-state index >= 15 is 0 Å². The van der Waals surface area contributed by atoms with Crippen LogP contribution in [0.2, 0.25) is 0 Å². The number of carboxylic acid groups (broad SMARTS) is 1. The molecule has 0 aliphatic heterocycles. The summed E-state index contributed by atoms with van der Waals surface area (Å²) in [5.41, 5.74) is 0.790.